The maximum Gasteiger partial charge on any atom is 0.309 e. The second-order valence-corrected chi connectivity index (χ2v) is 6.37. The van der Waals surface area contributed by atoms with Gasteiger partial charge in [0.25, 0.3) is 5.91 Å². The van der Waals surface area contributed by atoms with Crippen molar-refractivity contribution in [3.8, 4) is 5.75 Å². The van der Waals surface area contributed by atoms with Gasteiger partial charge in [-0.15, -0.1) is 0 Å². The third-order valence-corrected chi connectivity index (χ3v) is 4.46. The number of esters is 1. The summed E-state index contributed by atoms with van der Waals surface area (Å²) in [5.41, 5.74) is 1.17. The van der Waals surface area contributed by atoms with Gasteiger partial charge in [0, 0.05) is 13.1 Å². The van der Waals surface area contributed by atoms with Gasteiger partial charge in [0.15, 0.2) is 5.76 Å². The summed E-state index contributed by atoms with van der Waals surface area (Å²) >= 11 is 0. The maximum absolute atomic E-state index is 12.2. The predicted molar refractivity (Wildman–Crippen MR) is 95.0 cm³/mol. The number of carbonyl (C=O) groups excluding carboxylic acids is 2. The van der Waals surface area contributed by atoms with Crippen LogP contribution in [0, 0.1) is 12.8 Å². The number of piperidine rings is 1. The number of rotatable bonds is 6. The molecular weight excluding hydrogens is 334 g/mol. The second kappa shape index (κ2) is 8.56. The molecule has 0 radical (unpaired) electrons. The van der Waals surface area contributed by atoms with Gasteiger partial charge >= 0.3 is 5.97 Å². The summed E-state index contributed by atoms with van der Waals surface area (Å²) in [7, 11) is 0. The molecule has 2 heterocycles. The van der Waals surface area contributed by atoms with Crippen molar-refractivity contribution in [2.45, 2.75) is 19.8 Å². The van der Waals surface area contributed by atoms with Crippen molar-refractivity contribution in [3.05, 3.63) is 54.0 Å². The van der Waals surface area contributed by atoms with Crippen molar-refractivity contribution in [3.63, 3.8) is 0 Å². The van der Waals surface area contributed by atoms with E-state index < -0.39 is 0 Å². The van der Waals surface area contributed by atoms with Crippen LogP contribution in [0.15, 0.2) is 47.1 Å². The summed E-state index contributed by atoms with van der Waals surface area (Å²) in [4.78, 5) is 26.1. The Balaban J connectivity index is 1.36. The van der Waals surface area contributed by atoms with Crippen LogP contribution in [0.1, 0.15) is 29.0 Å². The Morgan fingerprint density at radius 1 is 1.12 bits per heavy atom. The highest BCUT2D eigenvalue weighted by atomic mass is 16.6. The first kappa shape index (κ1) is 18.0. The Labute approximate surface area is 152 Å². The van der Waals surface area contributed by atoms with Crippen LogP contribution in [-0.2, 0) is 9.53 Å². The first-order valence-electron chi connectivity index (χ1n) is 8.82. The molecule has 6 nitrogen and oxygen atoms in total. The average Bonchev–Trinajstić information content (AvgIpc) is 3.21. The monoisotopic (exact) mass is 357 g/mol. The highest BCUT2D eigenvalue weighted by Gasteiger charge is 2.29. The van der Waals surface area contributed by atoms with Gasteiger partial charge in [-0.05, 0) is 44.0 Å². The number of nitrogens with zero attached hydrogens (tertiary/aromatic N) is 1. The van der Waals surface area contributed by atoms with Crippen LogP contribution >= 0.6 is 0 Å². The number of benzene rings is 1. The number of aryl methyl sites for hydroxylation is 1. The molecule has 3 rings (SSSR count). The Morgan fingerprint density at radius 2 is 1.85 bits per heavy atom. The quantitative estimate of drug-likeness (QED) is 0.587. The van der Waals surface area contributed by atoms with Crippen LogP contribution in [0.2, 0.25) is 0 Å². The zero-order valence-corrected chi connectivity index (χ0v) is 14.8. The zero-order valence-electron chi connectivity index (χ0n) is 14.8. The minimum absolute atomic E-state index is 0.131. The largest absolute Gasteiger partial charge is 0.490 e. The molecule has 1 aromatic carbocycles. The molecule has 1 fully saturated rings. The minimum Gasteiger partial charge on any atom is -0.490 e. The number of hydrogen-bond donors (Lipinski definition) is 0. The number of amides is 1. The lowest BCUT2D eigenvalue weighted by molar-refractivity contribution is -0.150. The number of ether oxygens (including phenoxy) is 2. The zero-order chi connectivity index (χ0) is 18.4. The number of hydrogen-bond acceptors (Lipinski definition) is 5. The van der Waals surface area contributed by atoms with Crippen LogP contribution < -0.4 is 4.74 Å². The Bertz CT molecular complexity index is 715. The van der Waals surface area contributed by atoms with E-state index in [1.54, 1.807) is 17.0 Å². The van der Waals surface area contributed by atoms with E-state index in [2.05, 4.69) is 0 Å². The van der Waals surface area contributed by atoms with Crippen molar-refractivity contribution < 1.29 is 23.5 Å². The molecule has 1 aliphatic heterocycles. The van der Waals surface area contributed by atoms with Gasteiger partial charge in [0.1, 0.15) is 19.0 Å². The van der Waals surface area contributed by atoms with Crippen molar-refractivity contribution in [2.24, 2.45) is 5.92 Å². The molecule has 0 bridgehead atoms. The molecular formula is C20H23NO5. The second-order valence-electron chi connectivity index (χ2n) is 6.37. The van der Waals surface area contributed by atoms with E-state index in [-0.39, 0.29) is 24.4 Å². The van der Waals surface area contributed by atoms with Crippen molar-refractivity contribution in [1.29, 1.82) is 0 Å². The Kier molecular flexibility index (Phi) is 5.94. The van der Waals surface area contributed by atoms with Crippen molar-refractivity contribution >= 4 is 11.9 Å². The highest BCUT2D eigenvalue weighted by Crippen LogP contribution is 2.20. The lowest BCUT2D eigenvalue weighted by Crippen LogP contribution is -2.40. The first-order valence-corrected chi connectivity index (χ1v) is 8.82. The number of carbonyl (C=O) groups is 2. The predicted octanol–water partition coefficient (Wildman–Crippen LogP) is 3.06. The standard InChI is InChI=1S/C20H23NO5/c1-15-4-6-17(7-5-15)24-13-14-26-20(23)16-8-10-21(11-9-16)19(22)18-3-2-12-25-18/h2-7,12,16H,8-11,13-14H2,1H3. The van der Waals surface area contributed by atoms with Gasteiger partial charge < -0.3 is 18.8 Å². The van der Waals surface area contributed by atoms with E-state index in [1.165, 1.54) is 11.8 Å². The lowest BCUT2D eigenvalue weighted by atomic mass is 9.97. The van der Waals surface area contributed by atoms with Crippen LogP contribution in [0.25, 0.3) is 0 Å². The summed E-state index contributed by atoms with van der Waals surface area (Å²) < 4.78 is 16.0. The Morgan fingerprint density at radius 3 is 2.50 bits per heavy atom. The fourth-order valence-electron chi connectivity index (χ4n) is 2.93. The SMILES string of the molecule is Cc1ccc(OCCOC(=O)C2CCN(C(=O)c3ccco3)CC2)cc1. The summed E-state index contributed by atoms with van der Waals surface area (Å²) in [6, 6.07) is 11.1. The van der Waals surface area contributed by atoms with Crippen molar-refractivity contribution in [1.82, 2.24) is 4.90 Å². The third-order valence-electron chi connectivity index (χ3n) is 4.46. The summed E-state index contributed by atoms with van der Waals surface area (Å²) in [6.45, 7) is 3.61. The highest BCUT2D eigenvalue weighted by molar-refractivity contribution is 5.91. The number of furan rings is 1. The van der Waals surface area contributed by atoms with Gasteiger partial charge in [0.2, 0.25) is 0 Å². The third kappa shape index (κ3) is 4.65. The first-order chi connectivity index (χ1) is 12.6. The Hall–Kier alpha value is -2.76. The normalized spacial score (nSPS) is 14.9. The maximum atomic E-state index is 12.2. The molecule has 0 N–H and O–H groups in total. The molecule has 2 aromatic rings. The molecule has 0 spiro atoms. The topological polar surface area (TPSA) is 69.0 Å². The van der Waals surface area contributed by atoms with E-state index in [9.17, 15) is 9.59 Å². The van der Waals surface area contributed by atoms with Crippen LogP contribution in [0.4, 0.5) is 0 Å². The minimum atomic E-state index is -0.220. The smallest absolute Gasteiger partial charge is 0.309 e. The molecule has 6 heteroatoms. The summed E-state index contributed by atoms with van der Waals surface area (Å²) in [6.07, 6.45) is 2.68. The molecule has 0 unspecified atom stereocenters. The molecule has 138 valence electrons. The molecule has 0 atom stereocenters. The van der Waals surface area contributed by atoms with E-state index >= 15 is 0 Å². The molecule has 0 saturated carbocycles. The molecule has 1 saturated heterocycles. The van der Waals surface area contributed by atoms with Crippen LogP contribution in [0.5, 0.6) is 5.75 Å². The fourth-order valence-corrected chi connectivity index (χ4v) is 2.93. The number of likely N-dealkylation sites (tertiary alicyclic amines) is 1. The van der Waals surface area contributed by atoms with Crippen LogP contribution in [0.3, 0.4) is 0 Å². The molecule has 1 aliphatic rings. The molecule has 1 amide bonds. The lowest BCUT2D eigenvalue weighted by Gasteiger charge is -2.30. The van der Waals surface area contributed by atoms with Gasteiger partial charge in [-0.25, -0.2) is 0 Å². The molecule has 1 aromatic heterocycles. The average molecular weight is 357 g/mol. The van der Waals surface area contributed by atoms with E-state index in [0.29, 0.717) is 38.3 Å². The summed E-state index contributed by atoms with van der Waals surface area (Å²) in [5.74, 6) is 0.571. The van der Waals surface area contributed by atoms with Gasteiger partial charge in [-0.1, -0.05) is 17.7 Å². The van der Waals surface area contributed by atoms with E-state index in [4.69, 9.17) is 13.9 Å². The van der Waals surface area contributed by atoms with E-state index in [0.717, 1.165) is 5.75 Å². The van der Waals surface area contributed by atoms with Gasteiger partial charge in [0.05, 0.1) is 12.2 Å². The van der Waals surface area contributed by atoms with E-state index in [1.807, 2.05) is 31.2 Å². The van der Waals surface area contributed by atoms with Crippen molar-refractivity contribution in [2.75, 3.05) is 26.3 Å². The van der Waals surface area contributed by atoms with Crippen LogP contribution in [-0.4, -0.2) is 43.1 Å². The fraction of sp³-hybridized carbons (Fsp3) is 0.400. The van der Waals surface area contributed by atoms with Gasteiger partial charge in [-0.2, -0.15) is 0 Å². The van der Waals surface area contributed by atoms with Gasteiger partial charge in [-0.3, -0.25) is 9.59 Å². The molecule has 0 aliphatic carbocycles. The molecule has 26 heavy (non-hydrogen) atoms. The summed E-state index contributed by atoms with van der Waals surface area (Å²) in [5, 5.41) is 0.